The summed E-state index contributed by atoms with van der Waals surface area (Å²) in [4.78, 5) is 2.18. The third kappa shape index (κ3) is 7.47. The van der Waals surface area contributed by atoms with Gasteiger partial charge in [-0.3, -0.25) is 0 Å². The zero-order valence-corrected chi connectivity index (χ0v) is 17.3. The molecule has 0 unspecified atom stereocenters. The van der Waals surface area contributed by atoms with Gasteiger partial charge in [0.1, 0.15) is 0 Å². The Bertz CT molecular complexity index is 583. The predicted molar refractivity (Wildman–Crippen MR) is 107 cm³/mol. The molecule has 24 heavy (non-hydrogen) atoms. The van der Waals surface area contributed by atoms with Crippen molar-refractivity contribution in [3.8, 4) is 0 Å². The molecular formula is C20H28NOPSe. The molecule has 130 valence electrons. The van der Waals surface area contributed by atoms with E-state index in [-0.39, 0.29) is 0 Å². The predicted octanol–water partition coefficient (Wildman–Crippen LogP) is 4.07. The van der Waals surface area contributed by atoms with E-state index < -0.39 is 5.74 Å². The molecule has 0 aliphatic carbocycles. The van der Waals surface area contributed by atoms with Crippen LogP contribution < -0.4 is 0 Å². The van der Waals surface area contributed by atoms with Crippen molar-refractivity contribution in [2.45, 2.75) is 12.8 Å². The Labute approximate surface area is 154 Å². The van der Waals surface area contributed by atoms with Crippen molar-refractivity contribution < 1.29 is 4.52 Å². The van der Waals surface area contributed by atoms with Gasteiger partial charge in [0.2, 0.25) is 0 Å². The van der Waals surface area contributed by atoms with E-state index in [0.717, 1.165) is 38.3 Å². The number of rotatable bonds is 10. The van der Waals surface area contributed by atoms with Crippen LogP contribution in [0.4, 0.5) is 0 Å². The van der Waals surface area contributed by atoms with Crippen LogP contribution in [0.5, 0.6) is 0 Å². The van der Waals surface area contributed by atoms with E-state index in [4.69, 9.17) is 4.52 Å². The minimum atomic E-state index is -1.51. The van der Waals surface area contributed by atoms with Crippen LogP contribution in [-0.2, 0) is 17.4 Å². The Morgan fingerprint density at radius 2 is 1.29 bits per heavy atom. The topological polar surface area (TPSA) is 12.5 Å². The molecule has 0 aliphatic heterocycles. The maximum atomic E-state index is 6.40. The molecule has 0 saturated carbocycles. The molecule has 2 aromatic carbocycles. The molecule has 2 aromatic rings. The Morgan fingerprint density at radius 3 is 1.71 bits per heavy atom. The second-order valence-electron chi connectivity index (χ2n) is 6.37. The van der Waals surface area contributed by atoms with Crippen LogP contribution in [0.1, 0.15) is 11.1 Å². The monoisotopic (exact) mass is 409 g/mol. The summed E-state index contributed by atoms with van der Waals surface area (Å²) >= 11 is 3.48. The first-order valence-electron chi connectivity index (χ1n) is 8.53. The third-order valence-electron chi connectivity index (χ3n) is 4.03. The fourth-order valence-corrected chi connectivity index (χ4v) is 6.23. The maximum absolute atomic E-state index is 6.40. The zero-order valence-electron chi connectivity index (χ0n) is 14.7. The first-order valence-corrected chi connectivity index (χ1v) is 12.8. The first-order chi connectivity index (χ1) is 11.6. The van der Waals surface area contributed by atoms with Crippen LogP contribution in [0.2, 0.25) is 0 Å². The van der Waals surface area contributed by atoms with Crippen molar-refractivity contribution in [3.05, 3.63) is 71.8 Å². The number of nitrogens with zero attached hydrogens (tertiary/aromatic N) is 1. The molecule has 0 N–H and O–H groups in total. The van der Waals surface area contributed by atoms with Gasteiger partial charge in [-0.2, -0.15) is 0 Å². The fraction of sp³-hybridized carbons (Fsp3) is 0.400. The van der Waals surface area contributed by atoms with Crippen LogP contribution in [0, 0.1) is 0 Å². The fourth-order valence-electron chi connectivity index (χ4n) is 2.52. The molecule has 4 heteroatoms. The minimum absolute atomic E-state index is 0.803. The quantitative estimate of drug-likeness (QED) is 0.434. The van der Waals surface area contributed by atoms with Crippen LogP contribution >= 0.6 is 5.74 Å². The van der Waals surface area contributed by atoms with Gasteiger partial charge in [0, 0.05) is 0 Å². The van der Waals surface area contributed by atoms with E-state index in [1.807, 2.05) is 0 Å². The van der Waals surface area contributed by atoms with Crippen molar-refractivity contribution in [2.75, 3.05) is 39.6 Å². The second kappa shape index (κ2) is 10.3. The van der Waals surface area contributed by atoms with Crippen molar-refractivity contribution in [3.63, 3.8) is 0 Å². The van der Waals surface area contributed by atoms with E-state index >= 15 is 0 Å². The van der Waals surface area contributed by atoms with Gasteiger partial charge in [-0.25, -0.2) is 0 Å². The number of likely N-dealkylation sites (N-methyl/N-ethyl adjacent to an activating group) is 1. The number of benzene rings is 2. The van der Waals surface area contributed by atoms with Gasteiger partial charge in [-0.1, -0.05) is 0 Å². The van der Waals surface area contributed by atoms with Crippen molar-refractivity contribution in [1.29, 1.82) is 0 Å². The molecule has 0 fully saturated rings. The van der Waals surface area contributed by atoms with Crippen LogP contribution in [-0.4, -0.2) is 59.6 Å². The molecule has 0 spiro atoms. The Morgan fingerprint density at radius 1 is 0.833 bits per heavy atom. The second-order valence-corrected chi connectivity index (χ2v) is 13.3. The third-order valence-corrected chi connectivity index (χ3v) is 9.46. The van der Waals surface area contributed by atoms with E-state index in [9.17, 15) is 0 Å². The molecule has 0 amide bonds. The van der Waals surface area contributed by atoms with Crippen LogP contribution in [0.3, 0.4) is 0 Å². The summed E-state index contributed by atoms with van der Waals surface area (Å²) < 4.78 is 6.40. The van der Waals surface area contributed by atoms with Gasteiger partial charge in [0.15, 0.2) is 0 Å². The molecule has 2 nitrogen and oxygen atoms in total. The van der Waals surface area contributed by atoms with Gasteiger partial charge in [-0.15, -0.1) is 0 Å². The number of hydrogen-bond acceptors (Lipinski definition) is 2. The first kappa shape index (κ1) is 19.6. The number of aryl methyl sites for hydroxylation is 2. The summed E-state index contributed by atoms with van der Waals surface area (Å²) in [6, 6.07) is 21.5. The van der Waals surface area contributed by atoms with E-state index in [1.54, 1.807) is 0 Å². The summed E-state index contributed by atoms with van der Waals surface area (Å²) in [5, 5.41) is 0. The molecule has 0 radical (unpaired) electrons. The molecule has 0 aliphatic rings. The van der Waals surface area contributed by atoms with Gasteiger partial charge < -0.3 is 0 Å². The Hall–Kier alpha value is -0.691. The van der Waals surface area contributed by atoms with Crippen molar-refractivity contribution >= 4 is 20.8 Å². The molecule has 0 heterocycles. The average Bonchev–Trinajstić information content (AvgIpc) is 2.60. The summed E-state index contributed by atoms with van der Waals surface area (Å²) in [6.45, 7) is 1.78. The standard InChI is InChI=1S/C20H28NOPSe/c1-21(2)15-16-22-23(24,17-13-19-9-5-3-6-10-19)18-14-20-11-7-4-8-12-20/h3-12H,13-18H2,1-2H3. The summed E-state index contributed by atoms with van der Waals surface area (Å²) in [7, 11) is 4.19. The average molecular weight is 408 g/mol. The Balaban J connectivity index is 1.95. The van der Waals surface area contributed by atoms with Crippen LogP contribution in [0.25, 0.3) is 0 Å². The molecule has 0 atom stereocenters. The van der Waals surface area contributed by atoms with Gasteiger partial charge in [0.25, 0.3) is 0 Å². The zero-order chi connectivity index (χ0) is 17.3. The van der Waals surface area contributed by atoms with E-state index in [0.29, 0.717) is 0 Å². The molecule has 0 saturated heterocycles. The summed E-state index contributed by atoms with van der Waals surface area (Å²) in [6.07, 6.45) is 4.38. The normalized spacial score (nSPS) is 11.8. The van der Waals surface area contributed by atoms with E-state index in [2.05, 4.69) is 94.8 Å². The Kier molecular flexibility index (Phi) is 8.45. The van der Waals surface area contributed by atoms with Gasteiger partial charge >= 0.3 is 154 Å². The summed E-state index contributed by atoms with van der Waals surface area (Å²) in [5.74, 6) is 0. The molecule has 0 aromatic heterocycles. The van der Waals surface area contributed by atoms with Crippen molar-refractivity contribution in [2.24, 2.45) is 0 Å². The van der Waals surface area contributed by atoms with Crippen LogP contribution in [0.15, 0.2) is 60.7 Å². The molecule has 2 rings (SSSR count). The SMILES string of the molecule is CN(C)CCOP(=[Se])(CCc1ccccc1)CCc1ccccc1. The molecular weight excluding hydrogens is 380 g/mol. The summed E-state index contributed by atoms with van der Waals surface area (Å²) in [5.41, 5.74) is 1.28. The van der Waals surface area contributed by atoms with Gasteiger partial charge in [-0.05, 0) is 0 Å². The molecule has 0 bridgehead atoms. The van der Waals surface area contributed by atoms with Crippen molar-refractivity contribution in [1.82, 2.24) is 4.90 Å². The number of hydrogen-bond donors (Lipinski definition) is 0. The van der Waals surface area contributed by atoms with E-state index in [1.165, 1.54) is 11.1 Å². The van der Waals surface area contributed by atoms with Gasteiger partial charge in [0.05, 0.1) is 0 Å².